The average molecular weight is 525 g/mol. The Morgan fingerprint density at radius 3 is 2.47 bits per heavy atom. The molecule has 0 atom stereocenters. The lowest BCUT2D eigenvalue weighted by Gasteiger charge is -2.32. The van der Waals surface area contributed by atoms with E-state index in [0.29, 0.717) is 16.9 Å². The van der Waals surface area contributed by atoms with E-state index in [1.165, 1.54) is 25.9 Å². The quantitative estimate of drug-likeness (QED) is 0.427. The predicted molar refractivity (Wildman–Crippen MR) is 140 cm³/mol. The number of rotatable bonds is 5. The van der Waals surface area contributed by atoms with Gasteiger partial charge in [-0.3, -0.25) is 4.79 Å². The van der Waals surface area contributed by atoms with Gasteiger partial charge in [0.15, 0.2) is 5.78 Å². The molecule has 3 aromatic rings. The highest BCUT2D eigenvalue weighted by atomic mass is 79.9. The summed E-state index contributed by atoms with van der Waals surface area (Å²) in [4.78, 5) is 16.9. The zero-order chi connectivity index (χ0) is 24.8. The molecule has 0 aliphatic carbocycles. The summed E-state index contributed by atoms with van der Waals surface area (Å²) < 4.78 is 8.64. The number of hydrogen-bond donors (Lipinski definition) is 0. The molecule has 7 heteroatoms. The van der Waals surface area contributed by atoms with Crippen molar-refractivity contribution in [1.29, 1.82) is 5.26 Å². The third-order valence-electron chi connectivity index (χ3n) is 6.43. The molecular weight excluding hydrogens is 492 g/mol. The lowest BCUT2D eigenvalue weighted by Crippen LogP contribution is -2.40. The minimum Gasteiger partial charge on any atom is -0.486 e. The number of aryl methyl sites for hydroxylation is 1. The molecule has 0 amide bonds. The van der Waals surface area contributed by atoms with Crippen LogP contribution in [0.4, 0.5) is 0 Å². The average Bonchev–Trinajstić information content (AvgIpc) is 3.11. The number of ether oxygens (including phenoxy) is 1. The molecule has 1 aliphatic heterocycles. The van der Waals surface area contributed by atoms with Gasteiger partial charge in [0.2, 0.25) is 0 Å². The molecule has 4 rings (SSSR count). The Balaban J connectivity index is 0.000000271. The number of halogens is 1. The van der Waals surface area contributed by atoms with Crippen LogP contribution in [-0.2, 0) is 13.7 Å². The Hall–Kier alpha value is -2.66. The molecule has 34 heavy (non-hydrogen) atoms. The van der Waals surface area contributed by atoms with E-state index in [9.17, 15) is 10.1 Å². The first-order valence-corrected chi connectivity index (χ1v) is 12.3. The number of para-hydroxylation sites is 1. The highest BCUT2D eigenvalue weighted by Gasteiger charge is 2.19. The molecule has 1 saturated heterocycles. The van der Waals surface area contributed by atoms with E-state index < -0.39 is 0 Å². The third-order valence-corrected chi connectivity index (χ3v) is 6.92. The summed E-state index contributed by atoms with van der Waals surface area (Å²) in [7, 11) is 8.47. The summed E-state index contributed by atoms with van der Waals surface area (Å²) >= 11 is 3.34. The summed E-state index contributed by atoms with van der Waals surface area (Å²) in [5.41, 5.74) is 2.91. The first kappa shape index (κ1) is 26.0. The summed E-state index contributed by atoms with van der Waals surface area (Å²) in [5.74, 6) is 0.502. The molecule has 6 nitrogen and oxygen atoms in total. The summed E-state index contributed by atoms with van der Waals surface area (Å²) in [6.07, 6.45) is 2.67. The number of carbonyl (C=O) groups is 1. The molecule has 0 N–H and O–H groups in total. The number of piperidine rings is 1. The molecule has 0 radical (unpaired) electrons. The fraction of sp³-hybridized carbons (Fsp3) is 0.407. The van der Waals surface area contributed by atoms with Crippen LogP contribution in [0.3, 0.4) is 0 Å². The van der Waals surface area contributed by atoms with E-state index >= 15 is 0 Å². The Bertz CT molecular complexity index is 1190. The number of hydrogen-bond acceptors (Lipinski definition) is 5. The Morgan fingerprint density at radius 1 is 1.18 bits per heavy atom. The largest absolute Gasteiger partial charge is 0.486 e. The van der Waals surface area contributed by atoms with Crippen molar-refractivity contribution in [2.75, 3.05) is 34.2 Å². The van der Waals surface area contributed by atoms with Crippen LogP contribution in [0.5, 0.6) is 5.75 Å². The second-order valence-corrected chi connectivity index (χ2v) is 9.91. The molecular formula is C27H33BrN4O2. The summed E-state index contributed by atoms with van der Waals surface area (Å²) in [5, 5.41) is 10.2. The van der Waals surface area contributed by atoms with Crippen LogP contribution in [0.2, 0.25) is 0 Å². The minimum absolute atomic E-state index is 0.00159. The van der Waals surface area contributed by atoms with E-state index in [0.717, 1.165) is 27.1 Å². The molecule has 1 aromatic heterocycles. The van der Waals surface area contributed by atoms with Crippen molar-refractivity contribution in [3.8, 4) is 11.8 Å². The number of carbonyl (C=O) groups excluding carboxylic acids is 1. The highest BCUT2D eigenvalue weighted by Crippen LogP contribution is 2.28. The molecule has 180 valence electrons. The Morgan fingerprint density at radius 2 is 1.85 bits per heavy atom. The summed E-state index contributed by atoms with van der Waals surface area (Å²) in [6, 6.07) is 16.0. The first-order chi connectivity index (χ1) is 16.2. The van der Waals surface area contributed by atoms with E-state index in [4.69, 9.17) is 4.74 Å². The SMILES string of the molecule is CC(=O)c1c(COc2ccc(Br)cc2C#N)n(C)c2ccccc12.CN1CCC(N(C)C)CC1. The standard InChI is InChI=1S/C19H15BrN2O2.C8H18N2/c1-12(23)19-15-5-3-4-6-16(15)22(2)17(19)11-24-18-8-7-14(20)9-13(18)10-21;1-9(2)8-4-6-10(3)7-5-8/h3-9H,11H2,1-2H3;8H,4-7H2,1-3H3. The molecule has 0 saturated carbocycles. The molecule has 1 fully saturated rings. The van der Waals surface area contributed by atoms with Crippen LogP contribution < -0.4 is 4.74 Å². The number of likely N-dealkylation sites (tertiary alicyclic amines) is 1. The van der Waals surface area contributed by atoms with Gasteiger partial charge in [0.1, 0.15) is 18.4 Å². The van der Waals surface area contributed by atoms with Gasteiger partial charge in [-0.2, -0.15) is 5.26 Å². The first-order valence-electron chi connectivity index (χ1n) is 11.5. The van der Waals surface area contributed by atoms with Crippen molar-refractivity contribution in [1.82, 2.24) is 14.4 Å². The number of aromatic nitrogens is 1. The lowest BCUT2D eigenvalue weighted by molar-refractivity contribution is 0.101. The van der Waals surface area contributed by atoms with Gasteiger partial charge in [-0.25, -0.2) is 0 Å². The number of fused-ring (bicyclic) bond motifs is 1. The van der Waals surface area contributed by atoms with Crippen molar-refractivity contribution in [3.63, 3.8) is 0 Å². The van der Waals surface area contributed by atoms with Gasteiger partial charge in [-0.15, -0.1) is 0 Å². The van der Waals surface area contributed by atoms with Crippen LogP contribution >= 0.6 is 15.9 Å². The van der Waals surface area contributed by atoms with Gasteiger partial charge in [-0.05, 0) is 78.3 Å². The summed E-state index contributed by atoms with van der Waals surface area (Å²) in [6.45, 7) is 4.31. The van der Waals surface area contributed by atoms with Crippen molar-refractivity contribution in [2.24, 2.45) is 7.05 Å². The van der Waals surface area contributed by atoms with E-state index in [1.54, 1.807) is 19.1 Å². The van der Waals surface area contributed by atoms with Crippen molar-refractivity contribution < 1.29 is 9.53 Å². The van der Waals surface area contributed by atoms with Gasteiger partial charge in [-0.1, -0.05) is 34.1 Å². The maximum Gasteiger partial charge on any atom is 0.162 e. The number of nitrogens with zero attached hydrogens (tertiary/aromatic N) is 4. The molecule has 0 unspecified atom stereocenters. The normalized spacial score (nSPS) is 14.5. The molecule has 0 bridgehead atoms. The van der Waals surface area contributed by atoms with Crippen molar-refractivity contribution >= 4 is 32.6 Å². The van der Waals surface area contributed by atoms with Crippen LogP contribution in [0, 0.1) is 11.3 Å². The Kier molecular flexibility index (Phi) is 8.90. The van der Waals surface area contributed by atoms with Gasteiger partial charge in [0.25, 0.3) is 0 Å². The number of nitriles is 1. The number of ketones is 1. The van der Waals surface area contributed by atoms with Crippen LogP contribution in [0.25, 0.3) is 10.9 Å². The topological polar surface area (TPSA) is 61.5 Å². The van der Waals surface area contributed by atoms with E-state index in [-0.39, 0.29) is 12.4 Å². The maximum absolute atomic E-state index is 12.1. The molecule has 0 spiro atoms. The van der Waals surface area contributed by atoms with Gasteiger partial charge >= 0.3 is 0 Å². The predicted octanol–water partition coefficient (Wildman–Crippen LogP) is 5.24. The zero-order valence-corrected chi connectivity index (χ0v) is 22.2. The maximum atomic E-state index is 12.1. The molecule has 2 heterocycles. The molecule has 2 aromatic carbocycles. The monoisotopic (exact) mass is 524 g/mol. The van der Waals surface area contributed by atoms with Gasteiger partial charge in [0.05, 0.1) is 11.3 Å². The smallest absolute Gasteiger partial charge is 0.162 e. The zero-order valence-electron chi connectivity index (χ0n) is 20.6. The fourth-order valence-corrected chi connectivity index (χ4v) is 4.74. The third kappa shape index (κ3) is 6.06. The lowest BCUT2D eigenvalue weighted by atomic mass is 10.1. The van der Waals surface area contributed by atoms with E-state index in [2.05, 4.69) is 52.9 Å². The van der Waals surface area contributed by atoms with Gasteiger partial charge in [0, 0.05) is 34.0 Å². The minimum atomic E-state index is 0.00159. The van der Waals surface area contributed by atoms with Crippen LogP contribution in [-0.4, -0.2) is 60.4 Å². The highest BCUT2D eigenvalue weighted by molar-refractivity contribution is 9.10. The second-order valence-electron chi connectivity index (χ2n) is 8.99. The van der Waals surface area contributed by atoms with Crippen molar-refractivity contribution in [2.45, 2.75) is 32.4 Å². The number of benzene rings is 2. The van der Waals surface area contributed by atoms with Crippen LogP contribution in [0.15, 0.2) is 46.9 Å². The Labute approximate surface area is 210 Å². The van der Waals surface area contributed by atoms with Crippen LogP contribution in [0.1, 0.15) is 41.4 Å². The van der Waals surface area contributed by atoms with Gasteiger partial charge < -0.3 is 19.1 Å². The van der Waals surface area contributed by atoms with Crippen molar-refractivity contribution in [3.05, 3.63) is 63.8 Å². The fourth-order valence-electron chi connectivity index (χ4n) is 4.38. The molecule has 1 aliphatic rings. The number of Topliss-reactive ketones (excluding diaryl/α,β-unsaturated/α-hetero) is 1. The van der Waals surface area contributed by atoms with E-state index in [1.807, 2.05) is 41.9 Å². The second kappa shape index (κ2) is 11.7.